The Balaban J connectivity index is 2.28. The summed E-state index contributed by atoms with van der Waals surface area (Å²) in [4.78, 5) is 0. The first kappa shape index (κ1) is 12.2. The summed E-state index contributed by atoms with van der Waals surface area (Å²) in [6.45, 7) is 5.35. The summed E-state index contributed by atoms with van der Waals surface area (Å²) >= 11 is 0. The van der Waals surface area contributed by atoms with Crippen molar-refractivity contribution in [1.29, 1.82) is 0 Å². The lowest BCUT2D eigenvalue weighted by Gasteiger charge is -2.18. The van der Waals surface area contributed by atoms with Crippen LogP contribution in [0, 0.1) is 0 Å². The molecule has 0 saturated carbocycles. The van der Waals surface area contributed by atoms with Crippen LogP contribution in [0.25, 0.3) is 0 Å². The van der Waals surface area contributed by atoms with Crippen LogP contribution in [0.1, 0.15) is 38.3 Å². The van der Waals surface area contributed by atoms with Gasteiger partial charge in [-0.1, -0.05) is 26.0 Å². The van der Waals surface area contributed by atoms with Crippen molar-refractivity contribution in [3.05, 3.63) is 23.8 Å². The lowest BCUT2D eigenvalue weighted by molar-refractivity contribution is 0.180. The van der Waals surface area contributed by atoms with E-state index in [0.717, 1.165) is 30.9 Å². The van der Waals surface area contributed by atoms with Crippen LogP contribution in [0.5, 0.6) is 11.5 Å². The van der Waals surface area contributed by atoms with Crippen molar-refractivity contribution in [3.63, 3.8) is 0 Å². The maximum absolute atomic E-state index is 6.00. The first-order valence-corrected chi connectivity index (χ1v) is 6.38. The Morgan fingerprint density at radius 3 is 2.82 bits per heavy atom. The topological polar surface area (TPSA) is 30.5 Å². The number of benzene rings is 1. The quantitative estimate of drug-likeness (QED) is 0.851. The van der Waals surface area contributed by atoms with Crippen molar-refractivity contribution in [2.45, 2.75) is 38.8 Å². The molecule has 1 aromatic rings. The molecule has 0 aromatic heterocycles. The first-order chi connectivity index (χ1) is 8.31. The minimum atomic E-state index is 0.216. The largest absolute Gasteiger partial charge is 0.493 e. The van der Waals surface area contributed by atoms with Gasteiger partial charge in [0.15, 0.2) is 11.5 Å². The second kappa shape index (κ2) is 5.41. The van der Waals surface area contributed by atoms with E-state index < -0.39 is 0 Å². The Kier molecular flexibility index (Phi) is 3.89. The smallest absolute Gasteiger partial charge is 0.166 e. The third kappa shape index (κ3) is 2.25. The van der Waals surface area contributed by atoms with Crippen molar-refractivity contribution >= 4 is 0 Å². The highest BCUT2D eigenvalue weighted by Gasteiger charge is 2.34. The molecule has 0 aliphatic carbocycles. The fraction of sp³-hybridized carbons (Fsp3) is 0.571. The molecule has 0 spiro atoms. The Morgan fingerprint density at radius 2 is 2.18 bits per heavy atom. The third-order valence-electron chi connectivity index (χ3n) is 3.22. The molecule has 1 aliphatic heterocycles. The maximum atomic E-state index is 6.00. The zero-order valence-corrected chi connectivity index (χ0v) is 10.8. The van der Waals surface area contributed by atoms with Crippen molar-refractivity contribution in [2.24, 2.45) is 0 Å². The van der Waals surface area contributed by atoms with Gasteiger partial charge in [0, 0.05) is 5.56 Å². The number of methoxy groups -OCH3 is 1. The zero-order chi connectivity index (χ0) is 12.3. The third-order valence-corrected chi connectivity index (χ3v) is 3.22. The summed E-state index contributed by atoms with van der Waals surface area (Å²) in [6, 6.07) is 6.40. The van der Waals surface area contributed by atoms with E-state index in [-0.39, 0.29) is 6.10 Å². The predicted octanol–water partition coefficient (Wildman–Crippen LogP) is 2.91. The number of ether oxygens (including phenoxy) is 2. The summed E-state index contributed by atoms with van der Waals surface area (Å²) in [6.07, 6.45) is 2.35. The highest BCUT2D eigenvalue weighted by atomic mass is 16.5. The summed E-state index contributed by atoms with van der Waals surface area (Å²) < 4.78 is 11.4. The summed E-state index contributed by atoms with van der Waals surface area (Å²) in [7, 11) is 1.69. The molecule has 94 valence electrons. The molecule has 2 unspecified atom stereocenters. The number of rotatable bonds is 5. The Hall–Kier alpha value is -1.22. The normalized spacial score (nSPS) is 22.1. The van der Waals surface area contributed by atoms with Crippen LogP contribution in [0.3, 0.4) is 0 Å². The van der Waals surface area contributed by atoms with Gasteiger partial charge < -0.3 is 14.8 Å². The molecular formula is C14H21NO2. The summed E-state index contributed by atoms with van der Waals surface area (Å²) in [5, 5.41) is 3.56. The van der Waals surface area contributed by atoms with E-state index >= 15 is 0 Å². The molecule has 3 nitrogen and oxygen atoms in total. The first-order valence-electron chi connectivity index (χ1n) is 6.38. The summed E-state index contributed by atoms with van der Waals surface area (Å²) in [5.41, 5.74) is 1.23. The number of hydrogen-bond acceptors (Lipinski definition) is 3. The maximum Gasteiger partial charge on any atom is 0.166 e. The van der Waals surface area contributed by atoms with E-state index in [2.05, 4.69) is 25.2 Å². The Bertz CT molecular complexity index is 378. The lowest BCUT2D eigenvalue weighted by atomic mass is 10.0. The van der Waals surface area contributed by atoms with Gasteiger partial charge in [-0.2, -0.15) is 0 Å². The molecule has 1 aromatic carbocycles. The van der Waals surface area contributed by atoms with Gasteiger partial charge in [-0.25, -0.2) is 0 Å². The van der Waals surface area contributed by atoms with Crippen molar-refractivity contribution in [1.82, 2.24) is 5.32 Å². The molecule has 0 radical (unpaired) electrons. The second-order valence-electron chi connectivity index (χ2n) is 4.37. The fourth-order valence-corrected chi connectivity index (χ4v) is 2.34. The highest BCUT2D eigenvalue weighted by molar-refractivity contribution is 5.51. The molecule has 0 fully saturated rings. The van der Waals surface area contributed by atoms with E-state index in [4.69, 9.17) is 9.47 Å². The van der Waals surface area contributed by atoms with Gasteiger partial charge in [0.05, 0.1) is 13.2 Å². The molecule has 1 aliphatic rings. The fourth-order valence-electron chi connectivity index (χ4n) is 2.34. The van der Waals surface area contributed by atoms with Crippen LogP contribution < -0.4 is 14.8 Å². The Morgan fingerprint density at radius 1 is 1.35 bits per heavy atom. The standard InChI is InChI=1S/C14H21NO2/c1-4-9-15-13-10-7-6-8-12(16-3)14(10)17-11(13)5-2/h6-8,11,13,15H,4-5,9H2,1-3H3. The molecular weight excluding hydrogens is 214 g/mol. The van der Waals surface area contributed by atoms with Crippen molar-refractivity contribution < 1.29 is 9.47 Å². The highest BCUT2D eigenvalue weighted by Crippen LogP contribution is 2.43. The average Bonchev–Trinajstić information content (AvgIpc) is 2.73. The number of para-hydroxylation sites is 1. The molecule has 1 N–H and O–H groups in total. The van der Waals surface area contributed by atoms with Crippen LogP contribution in [-0.2, 0) is 0 Å². The average molecular weight is 235 g/mol. The molecule has 0 amide bonds. The van der Waals surface area contributed by atoms with E-state index in [1.807, 2.05) is 12.1 Å². The SMILES string of the molecule is CCCNC1c2cccc(OC)c2OC1CC. The van der Waals surface area contributed by atoms with Gasteiger partial charge in [0.25, 0.3) is 0 Å². The summed E-state index contributed by atoms with van der Waals surface area (Å²) in [5.74, 6) is 1.75. The van der Waals surface area contributed by atoms with E-state index in [0.29, 0.717) is 6.04 Å². The van der Waals surface area contributed by atoms with Crippen LogP contribution in [0.15, 0.2) is 18.2 Å². The van der Waals surface area contributed by atoms with Gasteiger partial charge in [0.1, 0.15) is 6.10 Å². The molecule has 2 rings (SSSR count). The predicted molar refractivity (Wildman–Crippen MR) is 68.7 cm³/mol. The number of hydrogen-bond donors (Lipinski definition) is 1. The molecule has 0 bridgehead atoms. The molecule has 0 saturated heterocycles. The Labute approximate surface area is 103 Å². The van der Waals surface area contributed by atoms with Gasteiger partial charge in [-0.05, 0) is 25.5 Å². The van der Waals surface area contributed by atoms with E-state index in [9.17, 15) is 0 Å². The van der Waals surface area contributed by atoms with Gasteiger partial charge in [-0.15, -0.1) is 0 Å². The molecule has 3 heteroatoms. The van der Waals surface area contributed by atoms with E-state index in [1.165, 1.54) is 5.56 Å². The van der Waals surface area contributed by atoms with Gasteiger partial charge >= 0.3 is 0 Å². The zero-order valence-electron chi connectivity index (χ0n) is 10.8. The van der Waals surface area contributed by atoms with Crippen LogP contribution in [0.2, 0.25) is 0 Å². The van der Waals surface area contributed by atoms with Gasteiger partial charge in [-0.3, -0.25) is 0 Å². The number of nitrogens with one attached hydrogen (secondary N) is 1. The van der Waals surface area contributed by atoms with Crippen molar-refractivity contribution in [2.75, 3.05) is 13.7 Å². The van der Waals surface area contributed by atoms with Gasteiger partial charge in [0.2, 0.25) is 0 Å². The minimum absolute atomic E-state index is 0.216. The second-order valence-corrected chi connectivity index (χ2v) is 4.37. The van der Waals surface area contributed by atoms with Crippen LogP contribution in [-0.4, -0.2) is 19.8 Å². The van der Waals surface area contributed by atoms with E-state index in [1.54, 1.807) is 7.11 Å². The van der Waals surface area contributed by atoms with Crippen LogP contribution >= 0.6 is 0 Å². The van der Waals surface area contributed by atoms with Crippen LogP contribution in [0.4, 0.5) is 0 Å². The monoisotopic (exact) mass is 235 g/mol. The molecule has 17 heavy (non-hydrogen) atoms. The van der Waals surface area contributed by atoms with Crippen molar-refractivity contribution in [3.8, 4) is 11.5 Å². The number of fused-ring (bicyclic) bond motifs is 1. The minimum Gasteiger partial charge on any atom is -0.493 e. The molecule has 1 heterocycles. The molecule has 2 atom stereocenters. The lowest BCUT2D eigenvalue weighted by Crippen LogP contribution is -2.30.